The van der Waals surface area contributed by atoms with E-state index >= 15 is 0 Å². The van der Waals surface area contributed by atoms with Crippen molar-refractivity contribution in [3.63, 3.8) is 0 Å². The summed E-state index contributed by atoms with van der Waals surface area (Å²) < 4.78 is 7.65. The number of aromatic nitrogens is 1. The average Bonchev–Trinajstić information content (AvgIpc) is 3.15. The van der Waals surface area contributed by atoms with Crippen LogP contribution in [0.4, 0.5) is 0 Å². The van der Waals surface area contributed by atoms with E-state index in [4.69, 9.17) is 4.74 Å². The fraction of sp³-hybridized carbons (Fsp3) is 0.333. The van der Waals surface area contributed by atoms with E-state index in [1.54, 1.807) is 0 Å². The standard InChI is InChI=1S/C18H19NO2/c20-18(13-9-10-21-12-13)11-19-16-7-3-1-5-14(16)15-6-2-4-8-17(15)19/h1-8,13,18,20H,9-12H2. The smallest absolute Gasteiger partial charge is 0.0770 e. The third kappa shape index (κ3) is 2.13. The number of fused-ring (bicyclic) bond motifs is 3. The fourth-order valence-corrected chi connectivity index (χ4v) is 3.39. The van der Waals surface area contributed by atoms with E-state index in [2.05, 4.69) is 53.1 Å². The number of aliphatic hydroxyl groups is 1. The quantitative estimate of drug-likeness (QED) is 0.800. The lowest BCUT2D eigenvalue weighted by Crippen LogP contribution is -2.25. The van der Waals surface area contributed by atoms with Gasteiger partial charge in [0.05, 0.1) is 12.7 Å². The summed E-state index contributed by atoms with van der Waals surface area (Å²) in [6.45, 7) is 2.08. The van der Waals surface area contributed by atoms with E-state index in [0.717, 1.165) is 13.0 Å². The molecule has 2 aromatic carbocycles. The van der Waals surface area contributed by atoms with Gasteiger partial charge in [0.1, 0.15) is 0 Å². The lowest BCUT2D eigenvalue weighted by atomic mass is 10.0. The molecule has 3 heteroatoms. The zero-order chi connectivity index (χ0) is 14.2. The van der Waals surface area contributed by atoms with Crippen LogP contribution < -0.4 is 0 Å². The van der Waals surface area contributed by atoms with Crippen LogP contribution >= 0.6 is 0 Å². The minimum atomic E-state index is -0.355. The molecule has 0 spiro atoms. The van der Waals surface area contributed by atoms with E-state index in [1.165, 1.54) is 21.8 Å². The van der Waals surface area contributed by atoms with Crippen molar-refractivity contribution in [2.24, 2.45) is 5.92 Å². The van der Waals surface area contributed by atoms with E-state index in [0.29, 0.717) is 13.2 Å². The fourth-order valence-electron chi connectivity index (χ4n) is 3.39. The molecule has 4 rings (SSSR count). The number of ether oxygens (including phenoxy) is 1. The Morgan fingerprint density at radius 3 is 2.24 bits per heavy atom. The van der Waals surface area contributed by atoms with E-state index < -0.39 is 0 Å². The van der Waals surface area contributed by atoms with Crippen molar-refractivity contribution < 1.29 is 9.84 Å². The Balaban J connectivity index is 1.81. The van der Waals surface area contributed by atoms with E-state index in [1.807, 2.05) is 0 Å². The Morgan fingerprint density at radius 2 is 1.67 bits per heavy atom. The summed E-state index contributed by atoms with van der Waals surface area (Å²) in [7, 11) is 0. The highest BCUT2D eigenvalue weighted by Gasteiger charge is 2.25. The highest BCUT2D eigenvalue weighted by atomic mass is 16.5. The molecule has 3 aromatic rings. The molecular weight excluding hydrogens is 262 g/mol. The summed E-state index contributed by atoms with van der Waals surface area (Å²) in [6, 6.07) is 16.8. The molecular formula is C18H19NO2. The molecule has 3 nitrogen and oxygen atoms in total. The number of rotatable bonds is 3. The van der Waals surface area contributed by atoms with Crippen molar-refractivity contribution in [3.8, 4) is 0 Å². The van der Waals surface area contributed by atoms with Gasteiger partial charge in [-0.1, -0.05) is 36.4 Å². The topological polar surface area (TPSA) is 34.4 Å². The predicted molar refractivity (Wildman–Crippen MR) is 84.4 cm³/mol. The normalized spacial score (nSPS) is 20.3. The molecule has 0 bridgehead atoms. The van der Waals surface area contributed by atoms with Crippen molar-refractivity contribution in [2.75, 3.05) is 13.2 Å². The van der Waals surface area contributed by atoms with Crippen LogP contribution in [0.25, 0.3) is 21.8 Å². The van der Waals surface area contributed by atoms with Gasteiger partial charge in [-0.2, -0.15) is 0 Å². The molecule has 1 fully saturated rings. The van der Waals surface area contributed by atoms with Gasteiger partial charge in [-0.25, -0.2) is 0 Å². The third-order valence-electron chi connectivity index (χ3n) is 4.56. The lowest BCUT2D eigenvalue weighted by Gasteiger charge is -2.18. The molecule has 1 aliphatic rings. The Labute approximate surface area is 123 Å². The second kappa shape index (κ2) is 5.17. The van der Waals surface area contributed by atoms with Crippen LogP contribution in [0.5, 0.6) is 0 Å². The number of hydrogen-bond acceptors (Lipinski definition) is 2. The number of nitrogens with zero attached hydrogens (tertiary/aromatic N) is 1. The molecule has 1 saturated heterocycles. The molecule has 21 heavy (non-hydrogen) atoms. The Hall–Kier alpha value is -1.84. The molecule has 1 aromatic heterocycles. The first-order chi connectivity index (χ1) is 10.3. The number of hydrogen-bond donors (Lipinski definition) is 1. The van der Waals surface area contributed by atoms with Gasteiger partial charge >= 0.3 is 0 Å². The predicted octanol–water partition coefficient (Wildman–Crippen LogP) is 3.19. The van der Waals surface area contributed by atoms with Crippen LogP contribution in [0.15, 0.2) is 48.5 Å². The number of para-hydroxylation sites is 2. The van der Waals surface area contributed by atoms with Crippen molar-refractivity contribution in [1.82, 2.24) is 4.57 Å². The third-order valence-corrected chi connectivity index (χ3v) is 4.56. The molecule has 2 atom stereocenters. The van der Waals surface area contributed by atoms with Crippen LogP contribution in [0.2, 0.25) is 0 Å². The molecule has 2 heterocycles. The van der Waals surface area contributed by atoms with Crippen LogP contribution in [0, 0.1) is 5.92 Å². The summed E-state index contributed by atoms with van der Waals surface area (Å²) in [5.41, 5.74) is 2.38. The molecule has 0 aliphatic carbocycles. The molecule has 108 valence electrons. The summed E-state index contributed by atoms with van der Waals surface area (Å²) in [5.74, 6) is 0.255. The van der Waals surface area contributed by atoms with Gasteiger partial charge in [0.25, 0.3) is 0 Å². The van der Waals surface area contributed by atoms with E-state index in [-0.39, 0.29) is 12.0 Å². The minimum Gasteiger partial charge on any atom is -0.391 e. The van der Waals surface area contributed by atoms with Crippen LogP contribution in [-0.2, 0) is 11.3 Å². The number of benzene rings is 2. The minimum absolute atomic E-state index is 0.255. The number of aliphatic hydroxyl groups excluding tert-OH is 1. The zero-order valence-corrected chi connectivity index (χ0v) is 11.9. The second-order valence-electron chi connectivity index (χ2n) is 5.84. The maximum absolute atomic E-state index is 10.5. The maximum atomic E-state index is 10.5. The SMILES string of the molecule is OC(Cn1c2ccccc2c2ccccc21)C1CCOC1. The zero-order valence-electron chi connectivity index (χ0n) is 11.9. The van der Waals surface area contributed by atoms with Crippen molar-refractivity contribution >= 4 is 21.8 Å². The summed E-state index contributed by atoms with van der Waals surface area (Å²) in [6.07, 6.45) is 0.602. The first kappa shape index (κ1) is 12.9. The van der Waals surface area contributed by atoms with Crippen LogP contribution in [0.3, 0.4) is 0 Å². The van der Waals surface area contributed by atoms with Crippen LogP contribution in [-0.4, -0.2) is 29.0 Å². The monoisotopic (exact) mass is 281 g/mol. The maximum Gasteiger partial charge on any atom is 0.0770 e. The molecule has 0 radical (unpaired) electrons. The Bertz CT molecular complexity index is 718. The van der Waals surface area contributed by atoms with Gasteiger partial charge in [-0.05, 0) is 18.6 Å². The van der Waals surface area contributed by atoms with Gasteiger partial charge < -0.3 is 14.4 Å². The average molecular weight is 281 g/mol. The van der Waals surface area contributed by atoms with Gasteiger partial charge in [0.15, 0.2) is 0 Å². The van der Waals surface area contributed by atoms with Gasteiger partial charge in [-0.15, -0.1) is 0 Å². The first-order valence-electron chi connectivity index (χ1n) is 7.56. The summed E-state index contributed by atoms with van der Waals surface area (Å²) in [5, 5.41) is 13.0. The van der Waals surface area contributed by atoms with Gasteiger partial charge in [0, 0.05) is 40.9 Å². The van der Waals surface area contributed by atoms with Crippen molar-refractivity contribution in [3.05, 3.63) is 48.5 Å². The Kier molecular flexibility index (Phi) is 3.17. The van der Waals surface area contributed by atoms with Gasteiger partial charge in [0.2, 0.25) is 0 Å². The highest BCUT2D eigenvalue weighted by molar-refractivity contribution is 6.07. The molecule has 1 aliphatic heterocycles. The Morgan fingerprint density at radius 1 is 1.05 bits per heavy atom. The molecule has 0 saturated carbocycles. The second-order valence-corrected chi connectivity index (χ2v) is 5.84. The largest absolute Gasteiger partial charge is 0.391 e. The van der Waals surface area contributed by atoms with Crippen molar-refractivity contribution in [1.29, 1.82) is 0 Å². The van der Waals surface area contributed by atoms with Gasteiger partial charge in [-0.3, -0.25) is 0 Å². The van der Waals surface area contributed by atoms with E-state index in [9.17, 15) is 5.11 Å². The molecule has 0 amide bonds. The van der Waals surface area contributed by atoms with Crippen molar-refractivity contribution in [2.45, 2.75) is 19.1 Å². The summed E-state index contributed by atoms with van der Waals surface area (Å²) >= 11 is 0. The highest BCUT2D eigenvalue weighted by Crippen LogP contribution is 2.30. The molecule has 2 unspecified atom stereocenters. The lowest BCUT2D eigenvalue weighted by molar-refractivity contribution is 0.0796. The molecule has 1 N–H and O–H groups in total. The first-order valence-corrected chi connectivity index (χ1v) is 7.56. The summed E-state index contributed by atoms with van der Waals surface area (Å²) in [4.78, 5) is 0. The van der Waals surface area contributed by atoms with Crippen LogP contribution in [0.1, 0.15) is 6.42 Å².